The topological polar surface area (TPSA) is 51.7 Å². The highest BCUT2D eigenvalue weighted by Gasteiger charge is 2.33. The lowest BCUT2D eigenvalue weighted by Gasteiger charge is -2.31. The molecule has 0 aliphatic carbocycles. The van der Waals surface area contributed by atoms with Crippen LogP contribution in [-0.4, -0.2) is 17.5 Å². The predicted molar refractivity (Wildman–Crippen MR) is 102 cm³/mol. The van der Waals surface area contributed by atoms with E-state index in [0.717, 1.165) is 16.8 Å². The summed E-state index contributed by atoms with van der Waals surface area (Å²) in [5.74, 6) is 1.01. The smallest absolute Gasteiger partial charge is 0.231 e. The van der Waals surface area contributed by atoms with Gasteiger partial charge in [0.15, 0.2) is 12.5 Å². The molecule has 0 unspecified atom stereocenters. The third-order valence-electron chi connectivity index (χ3n) is 4.80. The average molecular weight is 374 g/mol. The molecule has 0 fully saturated rings. The minimum Gasteiger partial charge on any atom is -0.473 e. The highest BCUT2D eigenvalue weighted by molar-refractivity contribution is 6.15. The first-order chi connectivity index (χ1) is 13.7. The van der Waals surface area contributed by atoms with Crippen LogP contribution in [0.25, 0.3) is 6.08 Å². The van der Waals surface area contributed by atoms with E-state index in [-0.39, 0.29) is 17.4 Å². The monoisotopic (exact) mass is 374 g/mol. The van der Waals surface area contributed by atoms with E-state index in [9.17, 15) is 9.18 Å². The van der Waals surface area contributed by atoms with E-state index in [2.05, 4.69) is 4.98 Å². The van der Waals surface area contributed by atoms with Gasteiger partial charge >= 0.3 is 0 Å². The molecular formula is C22H15FN2O3. The molecule has 3 aromatic rings. The fourth-order valence-electron chi connectivity index (χ4n) is 3.39. The van der Waals surface area contributed by atoms with Crippen LogP contribution in [0.5, 0.6) is 11.5 Å². The molecule has 6 heteroatoms. The van der Waals surface area contributed by atoms with E-state index in [1.807, 2.05) is 11.0 Å². The SMILES string of the molecule is O=C1/C(=C/c2cccnc2)Oc2c1ccc1c2CN(c2ccc(F)cc2)CO1. The minimum absolute atomic E-state index is 0.166. The van der Waals surface area contributed by atoms with Crippen LogP contribution >= 0.6 is 0 Å². The molecular weight excluding hydrogens is 359 g/mol. The molecule has 0 radical (unpaired) electrons. The number of aromatic nitrogens is 1. The second-order valence-electron chi connectivity index (χ2n) is 6.59. The molecule has 0 atom stereocenters. The molecule has 28 heavy (non-hydrogen) atoms. The van der Waals surface area contributed by atoms with Crippen molar-refractivity contribution in [3.63, 3.8) is 0 Å². The van der Waals surface area contributed by atoms with Gasteiger partial charge in [0.2, 0.25) is 5.78 Å². The highest BCUT2D eigenvalue weighted by atomic mass is 19.1. The lowest BCUT2D eigenvalue weighted by molar-refractivity contribution is 0.101. The van der Waals surface area contributed by atoms with E-state index in [1.54, 1.807) is 48.8 Å². The molecule has 0 N–H and O–H groups in total. The zero-order chi connectivity index (χ0) is 19.1. The summed E-state index contributed by atoms with van der Waals surface area (Å²) in [5, 5.41) is 0. The summed E-state index contributed by atoms with van der Waals surface area (Å²) in [6, 6.07) is 13.4. The molecule has 0 saturated carbocycles. The Morgan fingerprint density at radius 1 is 1.11 bits per heavy atom. The van der Waals surface area contributed by atoms with Crippen LogP contribution in [0.1, 0.15) is 21.5 Å². The Morgan fingerprint density at radius 3 is 2.75 bits per heavy atom. The van der Waals surface area contributed by atoms with Crippen LogP contribution in [0.3, 0.4) is 0 Å². The van der Waals surface area contributed by atoms with Crippen molar-refractivity contribution in [3.05, 3.63) is 89.2 Å². The first kappa shape index (κ1) is 16.5. The van der Waals surface area contributed by atoms with E-state index >= 15 is 0 Å². The van der Waals surface area contributed by atoms with Crippen LogP contribution < -0.4 is 14.4 Å². The van der Waals surface area contributed by atoms with Gasteiger partial charge in [0.1, 0.15) is 17.3 Å². The maximum absolute atomic E-state index is 13.2. The Morgan fingerprint density at radius 2 is 1.96 bits per heavy atom. The van der Waals surface area contributed by atoms with Crippen LogP contribution in [-0.2, 0) is 6.54 Å². The lowest BCUT2D eigenvalue weighted by Crippen LogP contribution is -2.32. The van der Waals surface area contributed by atoms with Gasteiger partial charge in [-0.15, -0.1) is 0 Å². The number of carbonyl (C=O) groups is 1. The lowest BCUT2D eigenvalue weighted by atomic mass is 10.0. The number of hydrogen-bond acceptors (Lipinski definition) is 5. The van der Waals surface area contributed by atoms with Crippen molar-refractivity contribution in [2.75, 3.05) is 11.6 Å². The normalized spacial score (nSPS) is 16.4. The summed E-state index contributed by atoms with van der Waals surface area (Å²) >= 11 is 0. The Kier molecular flexibility index (Phi) is 3.83. The van der Waals surface area contributed by atoms with Gasteiger partial charge in [-0.2, -0.15) is 0 Å². The van der Waals surface area contributed by atoms with Crippen molar-refractivity contribution in [1.82, 2.24) is 4.98 Å². The molecule has 2 aliphatic heterocycles. The number of Topliss-reactive ketones (excluding diaryl/α,β-unsaturated/α-hetero) is 1. The van der Waals surface area contributed by atoms with Crippen LogP contribution in [0.2, 0.25) is 0 Å². The number of ether oxygens (including phenoxy) is 2. The Bertz CT molecular complexity index is 1090. The first-order valence-electron chi connectivity index (χ1n) is 8.82. The van der Waals surface area contributed by atoms with Crippen molar-refractivity contribution >= 4 is 17.5 Å². The van der Waals surface area contributed by atoms with E-state index in [1.165, 1.54) is 12.1 Å². The predicted octanol–water partition coefficient (Wildman–Crippen LogP) is 4.19. The van der Waals surface area contributed by atoms with Crippen LogP contribution in [0, 0.1) is 5.82 Å². The van der Waals surface area contributed by atoms with E-state index in [0.29, 0.717) is 30.3 Å². The van der Waals surface area contributed by atoms with E-state index in [4.69, 9.17) is 9.47 Å². The molecule has 1 aromatic heterocycles. The standard InChI is InChI=1S/C22H15FN2O3/c23-15-3-5-16(6-4-15)25-12-18-19(27-13-25)8-7-17-21(26)20(28-22(17)18)10-14-2-1-9-24-11-14/h1-11H,12-13H2/b20-10-. The first-order valence-corrected chi connectivity index (χ1v) is 8.82. The number of allylic oxidation sites excluding steroid dienone is 1. The van der Waals surface area contributed by atoms with Gasteiger partial charge in [-0.3, -0.25) is 9.78 Å². The molecule has 0 spiro atoms. The zero-order valence-electron chi connectivity index (χ0n) is 14.8. The van der Waals surface area contributed by atoms with Gasteiger partial charge in [-0.1, -0.05) is 6.07 Å². The number of hydrogen-bond donors (Lipinski definition) is 0. The fourth-order valence-corrected chi connectivity index (χ4v) is 3.39. The Balaban J connectivity index is 1.49. The average Bonchev–Trinajstić information content (AvgIpc) is 3.05. The molecule has 2 aromatic carbocycles. The third kappa shape index (κ3) is 2.79. The summed E-state index contributed by atoms with van der Waals surface area (Å²) in [7, 11) is 0. The van der Waals surface area contributed by atoms with Crippen molar-refractivity contribution in [2.45, 2.75) is 6.54 Å². The summed E-state index contributed by atoms with van der Waals surface area (Å²) in [5.41, 5.74) is 2.94. The van der Waals surface area contributed by atoms with Crippen LogP contribution in [0.15, 0.2) is 66.7 Å². The van der Waals surface area contributed by atoms with Gasteiger partial charge in [0, 0.05) is 18.1 Å². The molecule has 3 heterocycles. The quantitative estimate of drug-likeness (QED) is 0.630. The summed E-state index contributed by atoms with van der Waals surface area (Å²) in [4.78, 5) is 18.8. The minimum atomic E-state index is -0.290. The number of carbonyl (C=O) groups excluding carboxylic acids is 1. The molecule has 5 rings (SSSR count). The van der Waals surface area contributed by atoms with Crippen molar-refractivity contribution in [1.29, 1.82) is 0 Å². The van der Waals surface area contributed by atoms with Gasteiger partial charge in [0.25, 0.3) is 0 Å². The molecule has 5 nitrogen and oxygen atoms in total. The number of fused-ring (bicyclic) bond motifs is 3. The van der Waals surface area contributed by atoms with Gasteiger partial charge < -0.3 is 14.4 Å². The van der Waals surface area contributed by atoms with Crippen molar-refractivity contribution in [3.8, 4) is 11.5 Å². The van der Waals surface area contributed by atoms with Crippen LogP contribution in [0.4, 0.5) is 10.1 Å². The number of nitrogens with zero attached hydrogens (tertiary/aromatic N) is 2. The molecule has 138 valence electrons. The van der Waals surface area contributed by atoms with Gasteiger partial charge in [-0.05, 0) is 54.1 Å². The molecule has 0 saturated heterocycles. The maximum Gasteiger partial charge on any atom is 0.231 e. The fraction of sp³-hybridized carbons (Fsp3) is 0.0909. The van der Waals surface area contributed by atoms with Gasteiger partial charge in [0.05, 0.1) is 17.7 Å². The van der Waals surface area contributed by atoms with Crippen molar-refractivity contribution in [2.24, 2.45) is 0 Å². The molecule has 0 bridgehead atoms. The number of pyridine rings is 1. The number of rotatable bonds is 2. The zero-order valence-corrected chi connectivity index (χ0v) is 14.8. The summed E-state index contributed by atoms with van der Waals surface area (Å²) in [6.45, 7) is 0.835. The number of ketones is 1. The Labute approximate surface area is 160 Å². The molecule has 0 amide bonds. The van der Waals surface area contributed by atoms with Gasteiger partial charge in [-0.25, -0.2) is 4.39 Å². The molecule has 2 aliphatic rings. The van der Waals surface area contributed by atoms with E-state index < -0.39 is 0 Å². The second-order valence-corrected chi connectivity index (χ2v) is 6.59. The number of benzene rings is 2. The third-order valence-corrected chi connectivity index (χ3v) is 4.80. The second kappa shape index (κ2) is 6.49. The highest BCUT2D eigenvalue weighted by Crippen LogP contribution is 2.42. The maximum atomic E-state index is 13.2. The number of anilines is 1. The van der Waals surface area contributed by atoms with Crippen molar-refractivity contribution < 1.29 is 18.7 Å². The largest absolute Gasteiger partial charge is 0.473 e. The summed E-state index contributed by atoms with van der Waals surface area (Å²) < 4.78 is 25.0. The summed E-state index contributed by atoms with van der Waals surface area (Å²) in [6.07, 6.45) is 5.02. The number of halogens is 1. The Hall–Kier alpha value is -3.67.